The number of rotatable bonds is 27. The van der Waals surface area contributed by atoms with Crippen LogP contribution in [-0.2, 0) is 20.0 Å². The van der Waals surface area contributed by atoms with E-state index in [1.54, 1.807) is 60.7 Å². The van der Waals surface area contributed by atoms with Crippen molar-refractivity contribution >= 4 is 140 Å². The predicted octanol–water partition coefficient (Wildman–Crippen LogP) is 20.7. The summed E-state index contributed by atoms with van der Waals surface area (Å²) in [6.45, 7) is 44.4. The zero-order valence-electron chi connectivity index (χ0n) is 82.4. The third-order valence-corrected chi connectivity index (χ3v) is 29.5. The van der Waals surface area contributed by atoms with Crippen LogP contribution >= 0.6 is 11.6 Å². The van der Waals surface area contributed by atoms with Gasteiger partial charge in [0.1, 0.15) is 40.2 Å². The Morgan fingerprint density at radius 2 is 0.745 bits per heavy atom. The summed E-state index contributed by atoms with van der Waals surface area (Å²) < 4.78 is 75.6. The highest BCUT2D eigenvalue weighted by atomic mass is 35.5. The molecule has 4 fully saturated rings. The van der Waals surface area contributed by atoms with Crippen LogP contribution in [0.3, 0.4) is 0 Å². The second-order valence-corrected chi connectivity index (χ2v) is 40.8. The normalized spacial score (nSPS) is 14.1. The number of halogens is 2. The van der Waals surface area contributed by atoms with E-state index in [-0.39, 0.29) is 21.5 Å². The van der Waals surface area contributed by atoms with Crippen molar-refractivity contribution in [1.82, 2.24) is 94.7 Å². The van der Waals surface area contributed by atoms with Gasteiger partial charge >= 0.3 is 0 Å². The smallest absolute Gasteiger partial charge is 0.253 e. The molecular formula is C110H113ClFN25O6S2. The lowest BCUT2D eigenvalue weighted by atomic mass is 9.95. The number of anilines is 8. The molecule has 0 spiro atoms. The van der Waals surface area contributed by atoms with Gasteiger partial charge in [-0.15, -0.1) is 40.8 Å². The standard InChI is InChI=1S/2C28H29N7O2S.C27H27ClN6O.C27H28FN5O/c1-19-6-7-23(29-3)18-25(19)21-16-20(2)27-26(17-21)33-34-28(32-27)31-22-8-10-24(11-9-22)38(36,37)30-12-15-35-13-4-5-14-35;1-19-6-7-22(29-3)17-24(19)25-18-27-26(16-20(25)2)32-28(34-33-27)31-21-8-10-23(11-9-21)38(36,37)30-12-15-35-13-4-5-14-35;1-17-4-7-20(28)15-22(17)23-16-25-24(14-18(23)2)30-27(32-31-25)29-21-8-5-19(6-9-21)26(35)34-12-10-33(3)11-13-34;1-18-5-6-20(28)16-23(18)24-17-26-25(15-19(24)2)30-27(32-31-26)29-21-7-9-22(10-8-21)34-14-13-33-11-3-4-12-33/h2*6-11,16-18,30H,4-5,12-15H2,1-2H3,(H,31,32,34);4-9,14-16H,10-13H2,1-3H3,(H,29,30,32);5-10,15-17H,3-4,11-14H2,1-2H3,(H,29,30,32). The number of aryl methyl sites for hydroxylation is 8. The minimum Gasteiger partial charge on any atom is -0.492 e. The fraction of sp³-hybridized carbons (Fsp3) is 0.282. The van der Waals surface area contributed by atoms with Gasteiger partial charge in [-0.1, -0.05) is 48.0 Å². The van der Waals surface area contributed by atoms with Gasteiger partial charge in [-0.3, -0.25) is 9.69 Å². The van der Waals surface area contributed by atoms with Crippen molar-refractivity contribution in [3.05, 3.63) is 302 Å². The summed E-state index contributed by atoms with van der Waals surface area (Å²) in [5, 5.41) is 47.8. The van der Waals surface area contributed by atoms with Crippen molar-refractivity contribution in [2.75, 3.05) is 133 Å². The van der Waals surface area contributed by atoms with Crippen molar-refractivity contribution < 1.29 is 30.8 Å². The zero-order chi connectivity index (χ0) is 101. The highest BCUT2D eigenvalue weighted by molar-refractivity contribution is 7.89. The number of ether oxygens (including phenoxy) is 1. The van der Waals surface area contributed by atoms with Crippen LogP contribution in [0.5, 0.6) is 5.75 Å². The van der Waals surface area contributed by atoms with Gasteiger partial charge in [0.05, 0.1) is 45.0 Å². The molecule has 4 saturated heterocycles. The van der Waals surface area contributed by atoms with E-state index in [9.17, 15) is 26.0 Å². The largest absolute Gasteiger partial charge is 0.492 e. The molecule has 4 aliphatic heterocycles. The first kappa shape index (κ1) is 102. The van der Waals surface area contributed by atoms with Gasteiger partial charge in [0, 0.05) is 92.2 Å². The van der Waals surface area contributed by atoms with Crippen LogP contribution in [-0.4, -0.2) is 220 Å². The molecule has 4 aromatic heterocycles. The van der Waals surface area contributed by atoms with Gasteiger partial charge in [0.2, 0.25) is 43.8 Å². The summed E-state index contributed by atoms with van der Waals surface area (Å²) in [7, 11) is -5.07. The summed E-state index contributed by atoms with van der Waals surface area (Å²) in [4.78, 5) is 49.9. The number of carbonyl (C=O) groups is 1. The first-order valence-corrected chi connectivity index (χ1v) is 51.8. The summed E-state index contributed by atoms with van der Waals surface area (Å²) in [5.41, 5.74) is 26.5. The van der Waals surface area contributed by atoms with E-state index in [1.165, 1.54) is 57.7 Å². The molecule has 6 N–H and O–H groups in total. The van der Waals surface area contributed by atoms with E-state index in [0.717, 1.165) is 189 Å². The fourth-order valence-corrected chi connectivity index (χ4v) is 20.3. The molecule has 16 aromatic rings. The quantitative estimate of drug-likeness (QED) is 0.0260. The van der Waals surface area contributed by atoms with Gasteiger partial charge in [-0.05, 0) is 411 Å². The predicted molar refractivity (Wildman–Crippen MR) is 572 cm³/mol. The van der Waals surface area contributed by atoms with Gasteiger partial charge in [-0.25, -0.2) is 60.3 Å². The van der Waals surface area contributed by atoms with E-state index in [0.29, 0.717) is 110 Å². The fourth-order valence-electron chi connectivity index (χ4n) is 18.1. The maximum absolute atomic E-state index is 13.8. The third kappa shape index (κ3) is 25.8. The molecule has 0 bridgehead atoms. The number of benzene rings is 12. The van der Waals surface area contributed by atoms with Crippen LogP contribution in [0.2, 0.25) is 5.02 Å². The first-order valence-electron chi connectivity index (χ1n) is 48.4. The topological polar surface area (TPSA) is 346 Å². The molecule has 145 heavy (non-hydrogen) atoms. The minimum absolute atomic E-state index is 0.0643. The van der Waals surface area contributed by atoms with Crippen molar-refractivity contribution in [3.8, 4) is 50.3 Å². The lowest BCUT2D eigenvalue weighted by molar-refractivity contribution is 0.0664. The van der Waals surface area contributed by atoms with Crippen molar-refractivity contribution in [1.29, 1.82) is 0 Å². The Morgan fingerprint density at radius 3 is 1.19 bits per heavy atom. The van der Waals surface area contributed by atoms with Gasteiger partial charge in [-0.2, -0.15) is 0 Å². The highest BCUT2D eigenvalue weighted by Crippen LogP contribution is 2.38. The molecule has 20 rings (SSSR count). The Hall–Kier alpha value is -15.0. The molecule has 0 saturated carbocycles. The number of likely N-dealkylation sites (tertiary alicyclic amines) is 3. The molecule has 740 valence electrons. The zero-order valence-corrected chi connectivity index (χ0v) is 84.7. The molecule has 0 aliphatic carbocycles. The molecular weight excluding hydrogens is 1890 g/mol. The first-order chi connectivity index (χ1) is 70.1. The summed E-state index contributed by atoms with van der Waals surface area (Å²) in [6, 6.07) is 65.9. The second-order valence-electron chi connectivity index (χ2n) is 36.8. The molecule has 12 aromatic carbocycles. The van der Waals surface area contributed by atoms with E-state index >= 15 is 0 Å². The number of amides is 1. The van der Waals surface area contributed by atoms with Gasteiger partial charge in [0.25, 0.3) is 5.91 Å². The average molecular weight is 2000 g/mol. The molecule has 1 amide bonds. The number of piperazine rings is 1. The number of sulfonamides is 2. The number of fused-ring (bicyclic) bond motifs is 4. The van der Waals surface area contributed by atoms with Crippen LogP contribution in [0, 0.1) is 74.4 Å². The molecule has 0 unspecified atom stereocenters. The molecule has 0 atom stereocenters. The minimum atomic E-state index is -3.58. The van der Waals surface area contributed by atoms with Gasteiger partial charge in [0.15, 0.2) is 11.4 Å². The Morgan fingerprint density at radius 1 is 0.372 bits per heavy atom. The van der Waals surface area contributed by atoms with Crippen molar-refractivity contribution in [2.45, 2.75) is 104 Å². The average Bonchev–Trinajstić information content (AvgIpc) is 1.42. The number of nitrogens with zero attached hydrogens (tertiary/aromatic N) is 19. The van der Waals surface area contributed by atoms with Crippen LogP contribution in [0.4, 0.5) is 62.3 Å². The number of nitrogens with one attached hydrogen (secondary N) is 6. The highest BCUT2D eigenvalue weighted by Gasteiger charge is 2.25. The Balaban J connectivity index is 0.000000133. The van der Waals surface area contributed by atoms with Crippen molar-refractivity contribution in [3.63, 3.8) is 0 Å². The second kappa shape index (κ2) is 46.2. The summed E-state index contributed by atoms with van der Waals surface area (Å²) in [6.07, 6.45) is 7.29. The lowest BCUT2D eigenvalue weighted by Gasteiger charge is -2.32. The third-order valence-electron chi connectivity index (χ3n) is 26.3. The van der Waals surface area contributed by atoms with E-state index in [1.807, 2.05) is 198 Å². The number of likely N-dealkylation sites (N-methyl/N-ethyl adjacent to an activating group) is 1. The Kier molecular flexibility index (Phi) is 32.3. The molecule has 31 nitrogen and oxygen atoms in total. The molecule has 4 aliphatic rings. The number of aromatic nitrogens is 12. The van der Waals surface area contributed by atoms with E-state index in [4.69, 9.17) is 29.5 Å². The maximum Gasteiger partial charge on any atom is 0.253 e. The molecule has 35 heteroatoms. The SMILES string of the molecule is Cc1ccc(Cl)cc1-c1cc2nnc(Nc3ccc(C(=O)N4CCN(C)CC4)cc3)nc2cc1C.Cc1ccc(F)cc1-c1cc2nnc(Nc3ccc(OCCN4CCCC4)cc3)nc2cc1C.[C-]#[N+]c1ccc(C)c(-c2cc(C)c3nc(Nc4ccc(S(=O)(=O)NCCN5CCCC5)cc4)nnc3c2)c1.[C-]#[N+]c1ccc(C)c(-c2cc3nnc(Nc4ccc(S(=O)(=O)NCCN5CCCC5)cc4)nc3cc2C)c1. The van der Waals surface area contributed by atoms with E-state index in [2.05, 4.69) is 142 Å². The van der Waals surface area contributed by atoms with Crippen LogP contribution < -0.4 is 35.4 Å². The molecule has 8 heterocycles. The monoisotopic (exact) mass is 2000 g/mol. The van der Waals surface area contributed by atoms with Crippen LogP contribution in [0.15, 0.2) is 228 Å². The van der Waals surface area contributed by atoms with Gasteiger partial charge < -0.3 is 45.6 Å². The Labute approximate surface area is 848 Å². The Bertz CT molecular complexity index is 7780. The summed E-state index contributed by atoms with van der Waals surface area (Å²) >= 11 is 6.24. The summed E-state index contributed by atoms with van der Waals surface area (Å²) in [5.74, 6) is 2.11. The molecule has 0 radical (unpaired) electrons. The van der Waals surface area contributed by atoms with Crippen molar-refractivity contribution in [2.24, 2.45) is 0 Å². The van der Waals surface area contributed by atoms with Crippen LogP contribution in [0.1, 0.15) is 93.4 Å². The van der Waals surface area contributed by atoms with Crippen LogP contribution in [0.25, 0.3) is 98.3 Å². The lowest BCUT2D eigenvalue weighted by Crippen LogP contribution is -2.47. The maximum atomic E-state index is 13.8. The number of carbonyl (C=O) groups excluding carboxylic acids is 1. The van der Waals surface area contributed by atoms with E-state index < -0.39 is 20.0 Å². The number of hydrogen-bond donors (Lipinski definition) is 6. The number of hydrogen-bond acceptors (Lipinski definition) is 26.